The fraction of sp³-hybridized carbons (Fsp3) is 0.263. The molecule has 0 aliphatic rings. The summed E-state index contributed by atoms with van der Waals surface area (Å²) in [6.45, 7) is 8.91. The van der Waals surface area contributed by atoms with Crippen LogP contribution in [0.5, 0.6) is 0 Å². The molecule has 2 aromatic carbocycles. The highest BCUT2D eigenvalue weighted by Gasteiger charge is 2.15. The van der Waals surface area contributed by atoms with Crippen LogP contribution in [-0.2, 0) is 0 Å². The Morgan fingerprint density at radius 3 is 2.15 bits per heavy atom. The first-order valence-electron chi connectivity index (χ1n) is 7.26. The Labute approximate surface area is 120 Å². The van der Waals surface area contributed by atoms with E-state index in [4.69, 9.17) is 0 Å². The van der Waals surface area contributed by atoms with Crippen molar-refractivity contribution in [2.75, 3.05) is 0 Å². The quantitative estimate of drug-likeness (QED) is 0.575. The summed E-state index contributed by atoms with van der Waals surface area (Å²) in [6.07, 6.45) is 0. The minimum Gasteiger partial charge on any atom is -0.338 e. The number of para-hydroxylation sites is 1. The van der Waals surface area contributed by atoms with Crippen LogP contribution in [0.3, 0.4) is 0 Å². The second-order valence-corrected chi connectivity index (χ2v) is 5.82. The second kappa shape index (κ2) is 4.82. The van der Waals surface area contributed by atoms with Crippen molar-refractivity contribution in [1.29, 1.82) is 0 Å². The molecule has 0 spiro atoms. The largest absolute Gasteiger partial charge is 0.338 e. The molecule has 3 aromatic rings. The zero-order valence-corrected chi connectivity index (χ0v) is 12.6. The van der Waals surface area contributed by atoms with Crippen molar-refractivity contribution in [3.63, 3.8) is 0 Å². The van der Waals surface area contributed by atoms with Gasteiger partial charge in [-0.25, -0.2) is 0 Å². The van der Waals surface area contributed by atoms with Crippen LogP contribution in [0.1, 0.15) is 31.0 Å². The molecule has 0 aliphatic carbocycles. The molecule has 0 amide bonds. The number of benzene rings is 2. The van der Waals surface area contributed by atoms with Gasteiger partial charge in [-0.05, 0) is 51.0 Å². The van der Waals surface area contributed by atoms with E-state index in [1.165, 1.54) is 33.3 Å². The van der Waals surface area contributed by atoms with Gasteiger partial charge < -0.3 is 4.57 Å². The summed E-state index contributed by atoms with van der Waals surface area (Å²) in [5.41, 5.74) is 6.71. The van der Waals surface area contributed by atoms with Gasteiger partial charge in [0.15, 0.2) is 0 Å². The first-order chi connectivity index (χ1) is 9.59. The molecule has 0 bridgehead atoms. The lowest BCUT2D eigenvalue weighted by molar-refractivity contribution is 0.628. The molecule has 0 saturated heterocycles. The number of fused-ring (bicyclic) bond motifs is 1. The molecule has 0 saturated carbocycles. The molecule has 3 rings (SSSR count). The van der Waals surface area contributed by atoms with E-state index in [0.717, 1.165) is 0 Å². The Morgan fingerprint density at radius 1 is 0.850 bits per heavy atom. The van der Waals surface area contributed by atoms with Crippen molar-refractivity contribution in [3.8, 4) is 11.3 Å². The molecular formula is C19H21N. The average Bonchev–Trinajstić information content (AvgIpc) is 2.77. The van der Waals surface area contributed by atoms with Crippen molar-refractivity contribution in [2.45, 2.75) is 33.7 Å². The molecule has 102 valence electrons. The Hall–Kier alpha value is -2.02. The van der Waals surface area contributed by atoms with Crippen LogP contribution < -0.4 is 0 Å². The summed E-state index contributed by atoms with van der Waals surface area (Å²) >= 11 is 0. The summed E-state index contributed by atoms with van der Waals surface area (Å²) < 4.78 is 2.45. The number of aryl methyl sites for hydroxylation is 2. The van der Waals surface area contributed by atoms with Crippen LogP contribution in [0.25, 0.3) is 22.2 Å². The highest BCUT2D eigenvalue weighted by Crippen LogP contribution is 2.34. The van der Waals surface area contributed by atoms with Gasteiger partial charge in [0.1, 0.15) is 0 Å². The molecule has 0 aliphatic heterocycles. The predicted octanol–water partition coefficient (Wildman–Crippen LogP) is 5.51. The van der Waals surface area contributed by atoms with E-state index in [1.54, 1.807) is 0 Å². The fourth-order valence-corrected chi connectivity index (χ4v) is 3.14. The third-order valence-electron chi connectivity index (χ3n) is 4.00. The SMILES string of the molecule is Cc1cccc(C)c1-c1cc2ccccc2n1C(C)C. The molecule has 1 nitrogen and oxygen atoms in total. The molecule has 0 N–H and O–H groups in total. The Bertz CT molecular complexity index is 742. The highest BCUT2D eigenvalue weighted by atomic mass is 15.0. The third-order valence-corrected chi connectivity index (χ3v) is 4.00. The van der Waals surface area contributed by atoms with Crippen molar-refractivity contribution >= 4 is 10.9 Å². The second-order valence-electron chi connectivity index (χ2n) is 5.82. The average molecular weight is 263 g/mol. The molecule has 20 heavy (non-hydrogen) atoms. The summed E-state index contributed by atoms with van der Waals surface area (Å²) in [5, 5.41) is 1.32. The van der Waals surface area contributed by atoms with E-state index in [9.17, 15) is 0 Å². The number of hydrogen-bond donors (Lipinski definition) is 0. The van der Waals surface area contributed by atoms with E-state index in [0.29, 0.717) is 6.04 Å². The van der Waals surface area contributed by atoms with Crippen LogP contribution >= 0.6 is 0 Å². The van der Waals surface area contributed by atoms with Crippen LogP contribution in [0, 0.1) is 13.8 Å². The van der Waals surface area contributed by atoms with Crippen LogP contribution in [0.15, 0.2) is 48.5 Å². The first-order valence-corrected chi connectivity index (χ1v) is 7.26. The summed E-state index contributed by atoms with van der Waals surface area (Å²) in [7, 11) is 0. The molecule has 0 radical (unpaired) electrons. The van der Waals surface area contributed by atoms with Crippen molar-refractivity contribution in [3.05, 3.63) is 59.7 Å². The number of hydrogen-bond acceptors (Lipinski definition) is 0. The van der Waals surface area contributed by atoms with Crippen molar-refractivity contribution < 1.29 is 0 Å². The van der Waals surface area contributed by atoms with Gasteiger partial charge in [0.05, 0.1) is 0 Å². The van der Waals surface area contributed by atoms with Gasteiger partial charge in [-0.2, -0.15) is 0 Å². The monoisotopic (exact) mass is 263 g/mol. The summed E-state index contributed by atoms with van der Waals surface area (Å²) in [6, 6.07) is 18.0. The molecule has 0 unspecified atom stereocenters. The van der Waals surface area contributed by atoms with E-state index in [2.05, 4.69) is 80.8 Å². The minimum absolute atomic E-state index is 0.448. The molecule has 0 atom stereocenters. The molecular weight excluding hydrogens is 242 g/mol. The fourth-order valence-electron chi connectivity index (χ4n) is 3.14. The van der Waals surface area contributed by atoms with E-state index in [1.807, 2.05) is 0 Å². The maximum Gasteiger partial charge on any atom is 0.0499 e. The first kappa shape index (κ1) is 13.0. The van der Waals surface area contributed by atoms with Crippen LogP contribution in [-0.4, -0.2) is 4.57 Å². The summed E-state index contributed by atoms with van der Waals surface area (Å²) in [5.74, 6) is 0. The zero-order chi connectivity index (χ0) is 14.3. The van der Waals surface area contributed by atoms with Gasteiger partial charge in [0.2, 0.25) is 0 Å². The predicted molar refractivity (Wildman–Crippen MR) is 87.2 cm³/mol. The zero-order valence-electron chi connectivity index (χ0n) is 12.6. The van der Waals surface area contributed by atoms with Crippen LogP contribution in [0.4, 0.5) is 0 Å². The van der Waals surface area contributed by atoms with E-state index < -0.39 is 0 Å². The van der Waals surface area contributed by atoms with E-state index >= 15 is 0 Å². The maximum atomic E-state index is 2.45. The van der Waals surface area contributed by atoms with E-state index in [-0.39, 0.29) is 0 Å². The van der Waals surface area contributed by atoms with Crippen LogP contribution in [0.2, 0.25) is 0 Å². The lowest BCUT2D eigenvalue weighted by Crippen LogP contribution is -2.03. The number of nitrogens with zero attached hydrogens (tertiary/aromatic N) is 1. The Kier molecular flexibility index (Phi) is 3.13. The third kappa shape index (κ3) is 1.94. The van der Waals surface area contributed by atoms with Gasteiger partial charge in [0, 0.05) is 28.2 Å². The molecule has 1 aromatic heterocycles. The maximum absolute atomic E-state index is 2.45. The minimum atomic E-state index is 0.448. The smallest absolute Gasteiger partial charge is 0.0499 e. The Morgan fingerprint density at radius 2 is 1.50 bits per heavy atom. The van der Waals surface area contributed by atoms with Gasteiger partial charge in [-0.3, -0.25) is 0 Å². The van der Waals surface area contributed by atoms with Gasteiger partial charge in [-0.15, -0.1) is 0 Å². The molecule has 1 heteroatoms. The normalized spacial score (nSPS) is 11.4. The lowest BCUT2D eigenvalue weighted by atomic mass is 9.99. The van der Waals surface area contributed by atoms with Gasteiger partial charge in [-0.1, -0.05) is 36.4 Å². The number of aromatic nitrogens is 1. The van der Waals surface area contributed by atoms with Gasteiger partial charge in [0.25, 0.3) is 0 Å². The molecule has 1 heterocycles. The number of rotatable bonds is 2. The van der Waals surface area contributed by atoms with Crippen molar-refractivity contribution in [1.82, 2.24) is 4.57 Å². The standard InChI is InChI=1S/C19H21N/c1-13(2)20-17-11-6-5-10-16(17)12-18(20)19-14(3)8-7-9-15(19)4/h5-13H,1-4H3. The summed E-state index contributed by atoms with van der Waals surface area (Å²) in [4.78, 5) is 0. The molecule has 0 fully saturated rings. The highest BCUT2D eigenvalue weighted by molar-refractivity contribution is 5.88. The van der Waals surface area contributed by atoms with Gasteiger partial charge >= 0.3 is 0 Å². The van der Waals surface area contributed by atoms with Crippen molar-refractivity contribution in [2.24, 2.45) is 0 Å². The lowest BCUT2D eigenvalue weighted by Gasteiger charge is -2.17. The Balaban J connectivity index is 2.39. The topological polar surface area (TPSA) is 4.93 Å².